The van der Waals surface area contributed by atoms with Crippen molar-refractivity contribution in [1.82, 2.24) is 4.90 Å². The highest BCUT2D eigenvalue weighted by atomic mass is 28.4. The van der Waals surface area contributed by atoms with Crippen LogP contribution in [-0.2, 0) is 4.74 Å². The van der Waals surface area contributed by atoms with E-state index in [-0.39, 0.29) is 17.2 Å². The molecule has 0 aliphatic carbocycles. The third kappa shape index (κ3) is 5.59. The zero-order valence-corrected chi connectivity index (χ0v) is 20.6. The van der Waals surface area contributed by atoms with Crippen LogP contribution in [0.2, 0.25) is 18.1 Å². The Hall–Kier alpha value is -2.53. The minimum absolute atomic E-state index is 0.169. The van der Waals surface area contributed by atoms with Crippen LogP contribution in [0.4, 0.5) is 4.79 Å². The predicted molar refractivity (Wildman–Crippen MR) is 130 cm³/mol. The summed E-state index contributed by atoms with van der Waals surface area (Å²) in [6.07, 6.45) is 2.49. The number of allylic oxidation sites excluding steroid dienone is 1. The molecule has 0 N–H and O–H groups in total. The summed E-state index contributed by atoms with van der Waals surface area (Å²) in [5, 5.41) is 0.169. The summed E-state index contributed by atoms with van der Waals surface area (Å²) in [6.45, 7) is 14.5. The van der Waals surface area contributed by atoms with Gasteiger partial charge in [0.1, 0.15) is 11.9 Å². The second-order valence-electron chi connectivity index (χ2n) is 9.68. The summed E-state index contributed by atoms with van der Waals surface area (Å²) in [6, 6.07) is 18.3. The molecule has 0 spiro atoms. The van der Waals surface area contributed by atoms with Crippen LogP contribution in [0.25, 0.3) is 5.57 Å². The molecular formula is C26H35NO3Si. The molecule has 1 heterocycles. The van der Waals surface area contributed by atoms with E-state index in [0.29, 0.717) is 13.1 Å². The predicted octanol–water partition coefficient (Wildman–Crippen LogP) is 7.06. The monoisotopic (exact) mass is 437 g/mol. The molecule has 2 aromatic rings. The summed E-state index contributed by atoms with van der Waals surface area (Å²) in [5.74, 6) is 0.930. The van der Waals surface area contributed by atoms with Gasteiger partial charge in [0.05, 0.1) is 6.54 Å². The van der Waals surface area contributed by atoms with E-state index < -0.39 is 8.32 Å². The Morgan fingerprint density at radius 1 is 1.13 bits per heavy atom. The second kappa shape index (κ2) is 9.31. The van der Waals surface area contributed by atoms with Crippen molar-refractivity contribution in [2.75, 3.05) is 13.1 Å². The van der Waals surface area contributed by atoms with Crippen LogP contribution in [0.3, 0.4) is 0 Å². The van der Waals surface area contributed by atoms with Gasteiger partial charge in [-0.25, -0.2) is 4.79 Å². The van der Waals surface area contributed by atoms with Gasteiger partial charge in [-0.15, -0.1) is 0 Å². The first-order chi connectivity index (χ1) is 14.6. The molecule has 166 valence electrons. The number of carbonyl (C=O) groups is 1. The summed E-state index contributed by atoms with van der Waals surface area (Å²) in [4.78, 5) is 14.1. The van der Waals surface area contributed by atoms with Gasteiger partial charge in [0.15, 0.2) is 0 Å². The quantitative estimate of drug-likeness (QED) is 0.435. The zero-order chi connectivity index (χ0) is 22.6. The Labute approximate surface area is 188 Å². The Balaban J connectivity index is 1.60. The van der Waals surface area contributed by atoms with E-state index in [1.807, 2.05) is 37.3 Å². The molecule has 0 radical (unpaired) electrons. The summed E-state index contributed by atoms with van der Waals surface area (Å²) in [5.41, 5.74) is 3.43. The van der Waals surface area contributed by atoms with Crippen molar-refractivity contribution in [2.45, 2.75) is 58.4 Å². The van der Waals surface area contributed by atoms with Gasteiger partial charge in [-0.05, 0) is 60.3 Å². The van der Waals surface area contributed by atoms with Crippen molar-refractivity contribution in [3.63, 3.8) is 0 Å². The van der Waals surface area contributed by atoms with Crippen molar-refractivity contribution in [1.29, 1.82) is 0 Å². The minimum atomic E-state index is -1.85. The lowest BCUT2D eigenvalue weighted by atomic mass is 10.0. The number of benzene rings is 2. The van der Waals surface area contributed by atoms with Crippen molar-refractivity contribution < 1.29 is 14.0 Å². The maximum atomic E-state index is 12.3. The smallest absolute Gasteiger partial charge is 0.410 e. The number of ether oxygens (including phenoxy) is 1. The van der Waals surface area contributed by atoms with Crippen LogP contribution in [0, 0.1) is 0 Å². The van der Waals surface area contributed by atoms with Crippen LogP contribution in [0.5, 0.6) is 5.75 Å². The maximum Gasteiger partial charge on any atom is 0.410 e. The second-order valence-corrected chi connectivity index (χ2v) is 14.4. The van der Waals surface area contributed by atoms with E-state index in [0.717, 1.165) is 23.3 Å². The van der Waals surface area contributed by atoms with Gasteiger partial charge in [-0.3, -0.25) is 0 Å². The standard InChI is InChI=1S/C26H35NO3Si/c1-7-20(21-13-15-23(16-14-21)30-31(5,6)26(2,3)4)17-18-27-19-24(29-25(27)28)22-11-9-8-10-12-22/h7-16,24H,17-19H2,1-6H3/b20-7+. The fourth-order valence-corrected chi connectivity index (χ4v) is 4.46. The normalized spacial score (nSPS) is 17.6. The molecule has 1 aliphatic rings. The van der Waals surface area contributed by atoms with E-state index in [1.165, 1.54) is 5.57 Å². The molecule has 0 saturated carbocycles. The van der Waals surface area contributed by atoms with Crippen molar-refractivity contribution >= 4 is 20.0 Å². The molecule has 1 fully saturated rings. The van der Waals surface area contributed by atoms with Gasteiger partial charge in [0, 0.05) is 6.54 Å². The SMILES string of the molecule is C/C=C(\CCN1CC(c2ccccc2)OC1=O)c1ccc(O[Si](C)(C)C(C)(C)C)cc1. The highest BCUT2D eigenvalue weighted by Gasteiger charge is 2.39. The minimum Gasteiger partial charge on any atom is -0.544 e. The average Bonchev–Trinajstić information content (AvgIpc) is 3.10. The van der Waals surface area contributed by atoms with Gasteiger partial charge in [0.2, 0.25) is 8.32 Å². The molecule has 4 nitrogen and oxygen atoms in total. The third-order valence-electron chi connectivity index (χ3n) is 6.46. The Morgan fingerprint density at radius 2 is 1.77 bits per heavy atom. The van der Waals surface area contributed by atoms with Crippen LogP contribution >= 0.6 is 0 Å². The van der Waals surface area contributed by atoms with Gasteiger partial charge in [0.25, 0.3) is 0 Å². The van der Waals surface area contributed by atoms with E-state index in [4.69, 9.17) is 9.16 Å². The maximum absolute atomic E-state index is 12.3. The fraction of sp³-hybridized carbons (Fsp3) is 0.423. The lowest BCUT2D eigenvalue weighted by molar-refractivity contribution is 0.133. The molecule has 1 saturated heterocycles. The molecule has 5 heteroatoms. The first kappa shape index (κ1) is 23.1. The summed E-state index contributed by atoms with van der Waals surface area (Å²) in [7, 11) is -1.85. The van der Waals surface area contributed by atoms with Crippen LogP contribution in [-0.4, -0.2) is 32.4 Å². The van der Waals surface area contributed by atoms with Gasteiger partial charge in [-0.1, -0.05) is 69.3 Å². The lowest BCUT2D eigenvalue weighted by Gasteiger charge is -2.36. The number of cyclic esters (lactones) is 1. The topological polar surface area (TPSA) is 38.8 Å². The Kier molecular flexibility index (Phi) is 6.95. The number of hydrogen-bond donors (Lipinski definition) is 0. The average molecular weight is 438 g/mol. The fourth-order valence-electron chi connectivity index (χ4n) is 3.43. The molecule has 1 unspecified atom stereocenters. The Bertz CT molecular complexity index is 914. The molecule has 1 amide bonds. The van der Waals surface area contributed by atoms with Crippen LogP contribution in [0.15, 0.2) is 60.7 Å². The van der Waals surface area contributed by atoms with E-state index in [9.17, 15) is 4.79 Å². The van der Waals surface area contributed by atoms with Crippen LogP contribution in [0.1, 0.15) is 51.3 Å². The van der Waals surface area contributed by atoms with Crippen molar-refractivity contribution in [3.8, 4) is 5.75 Å². The molecule has 31 heavy (non-hydrogen) atoms. The number of nitrogens with zero attached hydrogens (tertiary/aromatic N) is 1. The summed E-state index contributed by atoms with van der Waals surface area (Å²) < 4.78 is 12.0. The molecular weight excluding hydrogens is 402 g/mol. The van der Waals surface area contributed by atoms with Gasteiger partial charge >= 0.3 is 6.09 Å². The third-order valence-corrected chi connectivity index (χ3v) is 10.8. The first-order valence-electron chi connectivity index (χ1n) is 11.1. The zero-order valence-electron chi connectivity index (χ0n) is 19.6. The van der Waals surface area contributed by atoms with Crippen molar-refractivity contribution in [3.05, 3.63) is 71.8 Å². The molecule has 1 aliphatic heterocycles. The van der Waals surface area contributed by atoms with E-state index in [2.05, 4.69) is 64.2 Å². The number of carbonyl (C=O) groups excluding carboxylic acids is 1. The molecule has 1 atom stereocenters. The number of rotatable bonds is 7. The highest BCUT2D eigenvalue weighted by Crippen LogP contribution is 2.37. The molecule has 0 aromatic heterocycles. The summed E-state index contributed by atoms with van der Waals surface area (Å²) >= 11 is 0. The molecule has 3 rings (SSSR count). The largest absolute Gasteiger partial charge is 0.544 e. The highest BCUT2D eigenvalue weighted by molar-refractivity contribution is 6.74. The first-order valence-corrected chi connectivity index (χ1v) is 14.0. The Morgan fingerprint density at radius 3 is 2.35 bits per heavy atom. The molecule has 0 bridgehead atoms. The molecule has 2 aromatic carbocycles. The number of hydrogen-bond acceptors (Lipinski definition) is 3. The number of amides is 1. The van der Waals surface area contributed by atoms with Gasteiger partial charge in [-0.2, -0.15) is 0 Å². The van der Waals surface area contributed by atoms with Gasteiger partial charge < -0.3 is 14.1 Å². The lowest BCUT2D eigenvalue weighted by Crippen LogP contribution is -2.43. The van der Waals surface area contributed by atoms with Crippen LogP contribution < -0.4 is 4.43 Å². The van der Waals surface area contributed by atoms with E-state index in [1.54, 1.807) is 4.90 Å². The van der Waals surface area contributed by atoms with Crippen molar-refractivity contribution in [2.24, 2.45) is 0 Å². The van der Waals surface area contributed by atoms with E-state index >= 15 is 0 Å².